The van der Waals surface area contributed by atoms with Crippen molar-refractivity contribution in [1.29, 1.82) is 0 Å². The summed E-state index contributed by atoms with van der Waals surface area (Å²) in [6.07, 6.45) is 2.24. The van der Waals surface area contributed by atoms with Crippen LogP contribution in [0.15, 0.2) is 6.20 Å². The van der Waals surface area contributed by atoms with Gasteiger partial charge < -0.3 is 15.0 Å². The van der Waals surface area contributed by atoms with Gasteiger partial charge in [-0.15, -0.1) is 11.3 Å². The van der Waals surface area contributed by atoms with E-state index in [1.165, 1.54) is 4.88 Å². The molecule has 0 bridgehead atoms. The van der Waals surface area contributed by atoms with Gasteiger partial charge >= 0.3 is 0 Å². The molecule has 0 spiro atoms. The molecule has 0 saturated carbocycles. The molecular formula is C13H25N3OS. The molecule has 104 valence electrons. The summed E-state index contributed by atoms with van der Waals surface area (Å²) in [6.45, 7) is 13.0. The molecule has 0 radical (unpaired) electrons. The van der Waals surface area contributed by atoms with Gasteiger partial charge in [-0.3, -0.25) is 0 Å². The van der Waals surface area contributed by atoms with Crippen LogP contribution in [0.5, 0.6) is 0 Å². The van der Waals surface area contributed by atoms with Gasteiger partial charge in [-0.2, -0.15) is 0 Å². The second-order valence-corrected chi connectivity index (χ2v) is 5.27. The number of ether oxygens (including phenoxy) is 1. The standard InChI is InChI=1S/C13H25N3OS/c1-5-16(6-2)13-15-10-12(18-13)9-14-8-11(4)17-7-3/h10-11,14H,5-9H2,1-4H3. The van der Waals surface area contributed by atoms with Gasteiger partial charge in [0.1, 0.15) is 0 Å². The summed E-state index contributed by atoms with van der Waals surface area (Å²) in [4.78, 5) is 8.02. The Labute approximate surface area is 114 Å². The van der Waals surface area contributed by atoms with Gasteiger partial charge in [0.25, 0.3) is 0 Å². The van der Waals surface area contributed by atoms with Crippen molar-refractivity contribution in [1.82, 2.24) is 10.3 Å². The van der Waals surface area contributed by atoms with Crippen molar-refractivity contribution in [3.05, 3.63) is 11.1 Å². The average molecular weight is 271 g/mol. The van der Waals surface area contributed by atoms with Gasteiger partial charge in [-0.05, 0) is 27.7 Å². The molecule has 1 heterocycles. The van der Waals surface area contributed by atoms with Crippen LogP contribution in [0.2, 0.25) is 0 Å². The maximum atomic E-state index is 5.48. The van der Waals surface area contributed by atoms with Crippen LogP contribution in [0.3, 0.4) is 0 Å². The zero-order valence-corrected chi connectivity index (χ0v) is 12.7. The van der Waals surface area contributed by atoms with Crippen molar-refractivity contribution >= 4 is 16.5 Å². The van der Waals surface area contributed by atoms with E-state index < -0.39 is 0 Å². The third-order valence-corrected chi connectivity index (χ3v) is 3.82. The number of hydrogen-bond acceptors (Lipinski definition) is 5. The second kappa shape index (κ2) is 8.45. The van der Waals surface area contributed by atoms with Crippen LogP contribution < -0.4 is 10.2 Å². The minimum atomic E-state index is 0.269. The summed E-state index contributed by atoms with van der Waals surface area (Å²) < 4.78 is 5.48. The topological polar surface area (TPSA) is 37.4 Å². The maximum absolute atomic E-state index is 5.48. The first-order chi connectivity index (χ1) is 8.71. The third-order valence-electron chi connectivity index (χ3n) is 2.76. The van der Waals surface area contributed by atoms with Crippen molar-refractivity contribution in [2.75, 3.05) is 31.1 Å². The summed E-state index contributed by atoms with van der Waals surface area (Å²) in [7, 11) is 0. The predicted octanol–water partition coefficient (Wildman–Crippen LogP) is 2.50. The first kappa shape index (κ1) is 15.4. The maximum Gasteiger partial charge on any atom is 0.185 e. The minimum Gasteiger partial charge on any atom is -0.377 e. The highest BCUT2D eigenvalue weighted by Gasteiger charge is 2.07. The Morgan fingerprint density at radius 3 is 2.72 bits per heavy atom. The van der Waals surface area contributed by atoms with Crippen molar-refractivity contribution in [2.45, 2.75) is 40.3 Å². The molecule has 0 aliphatic rings. The first-order valence-electron chi connectivity index (χ1n) is 6.73. The molecular weight excluding hydrogens is 246 g/mol. The molecule has 5 heteroatoms. The normalized spacial score (nSPS) is 12.7. The SMILES string of the molecule is CCOC(C)CNCc1cnc(N(CC)CC)s1. The van der Waals surface area contributed by atoms with Crippen LogP contribution in [0.1, 0.15) is 32.6 Å². The molecule has 0 saturated heterocycles. The van der Waals surface area contributed by atoms with E-state index in [2.05, 4.69) is 36.0 Å². The predicted molar refractivity (Wildman–Crippen MR) is 78.5 cm³/mol. The third kappa shape index (κ3) is 4.92. The van der Waals surface area contributed by atoms with Gasteiger partial charge in [0.2, 0.25) is 0 Å². The Balaban J connectivity index is 2.35. The Morgan fingerprint density at radius 1 is 1.39 bits per heavy atom. The fraction of sp³-hybridized carbons (Fsp3) is 0.769. The molecule has 1 N–H and O–H groups in total. The van der Waals surface area contributed by atoms with Crippen molar-refractivity contribution in [2.24, 2.45) is 0 Å². The molecule has 1 unspecified atom stereocenters. The van der Waals surface area contributed by atoms with E-state index in [1.807, 2.05) is 13.1 Å². The fourth-order valence-electron chi connectivity index (χ4n) is 1.76. The van der Waals surface area contributed by atoms with Crippen LogP contribution in [0.25, 0.3) is 0 Å². The lowest BCUT2D eigenvalue weighted by Gasteiger charge is -2.16. The smallest absolute Gasteiger partial charge is 0.185 e. The molecule has 0 aliphatic heterocycles. The number of nitrogens with one attached hydrogen (secondary N) is 1. The second-order valence-electron chi connectivity index (χ2n) is 4.18. The first-order valence-corrected chi connectivity index (χ1v) is 7.54. The largest absolute Gasteiger partial charge is 0.377 e. The Hall–Kier alpha value is -0.650. The van der Waals surface area contributed by atoms with E-state index in [-0.39, 0.29) is 6.10 Å². The van der Waals surface area contributed by atoms with E-state index in [1.54, 1.807) is 11.3 Å². The van der Waals surface area contributed by atoms with E-state index in [9.17, 15) is 0 Å². The monoisotopic (exact) mass is 271 g/mol. The highest BCUT2D eigenvalue weighted by molar-refractivity contribution is 7.15. The fourth-order valence-corrected chi connectivity index (χ4v) is 2.77. The van der Waals surface area contributed by atoms with Gasteiger partial charge in [0.05, 0.1) is 6.10 Å². The van der Waals surface area contributed by atoms with Gasteiger partial charge in [0.15, 0.2) is 5.13 Å². The summed E-state index contributed by atoms with van der Waals surface area (Å²) in [5, 5.41) is 4.52. The number of aromatic nitrogens is 1. The highest BCUT2D eigenvalue weighted by Crippen LogP contribution is 2.21. The zero-order chi connectivity index (χ0) is 13.4. The van der Waals surface area contributed by atoms with Crippen LogP contribution in [-0.4, -0.2) is 37.3 Å². The van der Waals surface area contributed by atoms with Crippen LogP contribution in [-0.2, 0) is 11.3 Å². The molecule has 1 aromatic heterocycles. The average Bonchev–Trinajstić information content (AvgIpc) is 2.80. The lowest BCUT2D eigenvalue weighted by atomic mass is 10.4. The summed E-state index contributed by atoms with van der Waals surface area (Å²) in [5.74, 6) is 0. The van der Waals surface area contributed by atoms with Crippen molar-refractivity contribution < 1.29 is 4.74 Å². The quantitative estimate of drug-likeness (QED) is 0.749. The number of rotatable bonds is 9. The molecule has 18 heavy (non-hydrogen) atoms. The molecule has 0 aliphatic carbocycles. The summed E-state index contributed by atoms with van der Waals surface area (Å²) in [5.41, 5.74) is 0. The van der Waals surface area contributed by atoms with Crippen LogP contribution >= 0.6 is 11.3 Å². The lowest BCUT2D eigenvalue weighted by Crippen LogP contribution is -2.26. The minimum absolute atomic E-state index is 0.269. The number of nitrogens with zero attached hydrogens (tertiary/aromatic N) is 2. The lowest BCUT2D eigenvalue weighted by molar-refractivity contribution is 0.0760. The molecule has 4 nitrogen and oxygen atoms in total. The van der Waals surface area contributed by atoms with Gasteiger partial charge in [-0.25, -0.2) is 4.98 Å². The number of hydrogen-bond donors (Lipinski definition) is 1. The van der Waals surface area contributed by atoms with E-state index >= 15 is 0 Å². The van der Waals surface area contributed by atoms with Gasteiger partial charge in [-0.1, -0.05) is 0 Å². The van der Waals surface area contributed by atoms with E-state index in [0.29, 0.717) is 0 Å². The zero-order valence-electron chi connectivity index (χ0n) is 11.9. The van der Waals surface area contributed by atoms with Crippen molar-refractivity contribution in [3.63, 3.8) is 0 Å². The Morgan fingerprint density at radius 2 is 2.11 bits per heavy atom. The van der Waals surface area contributed by atoms with Crippen molar-refractivity contribution in [3.8, 4) is 0 Å². The molecule has 1 rings (SSSR count). The Kier molecular flexibility index (Phi) is 7.23. The van der Waals surface area contributed by atoms with E-state index in [0.717, 1.165) is 37.9 Å². The molecule has 0 aromatic carbocycles. The molecule has 1 atom stereocenters. The Bertz CT molecular complexity index is 326. The van der Waals surface area contributed by atoms with Crippen LogP contribution in [0.4, 0.5) is 5.13 Å². The van der Waals surface area contributed by atoms with E-state index in [4.69, 9.17) is 4.74 Å². The van der Waals surface area contributed by atoms with Gasteiger partial charge in [0, 0.05) is 43.9 Å². The van der Waals surface area contributed by atoms with Crippen LogP contribution in [0, 0.1) is 0 Å². The summed E-state index contributed by atoms with van der Waals surface area (Å²) in [6, 6.07) is 0. The molecule has 0 amide bonds. The molecule has 1 aromatic rings. The number of anilines is 1. The summed E-state index contributed by atoms with van der Waals surface area (Å²) >= 11 is 1.77. The number of thiazole rings is 1. The molecule has 0 fully saturated rings. The highest BCUT2D eigenvalue weighted by atomic mass is 32.1.